The summed E-state index contributed by atoms with van der Waals surface area (Å²) in [6, 6.07) is 4.39. The van der Waals surface area contributed by atoms with E-state index in [1.54, 1.807) is 4.90 Å². The average molecular weight is 386 g/mol. The summed E-state index contributed by atoms with van der Waals surface area (Å²) < 4.78 is 48.6. The molecule has 0 unspecified atom stereocenters. The highest BCUT2D eigenvalue weighted by Gasteiger charge is 2.39. The molecule has 2 fully saturated rings. The van der Waals surface area contributed by atoms with Gasteiger partial charge in [0.05, 0.1) is 5.56 Å². The average Bonchev–Trinajstić information content (AvgIpc) is 2.80. The first-order valence-electron chi connectivity index (χ1n) is 9.17. The molecule has 8 heteroatoms. The maximum atomic E-state index is 12.6. The van der Waals surface area contributed by atoms with Crippen LogP contribution in [0.15, 0.2) is 24.3 Å². The van der Waals surface area contributed by atoms with Crippen LogP contribution in [0.1, 0.15) is 24.8 Å². The fourth-order valence-corrected chi connectivity index (χ4v) is 3.76. The summed E-state index contributed by atoms with van der Waals surface area (Å²) in [6.45, 7) is 3.37. The first-order valence-corrected chi connectivity index (χ1v) is 9.17. The van der Waals surface area contributed by atoms with E-state index in [1.807, 2.05) is 0 Å². The zero-order valence-electron chi connectivity index (χ0n) is 15.4. The molecule has 27 heavy (non-hydrogen) atoms. The normalized spacial score (nSPS) is 21.1. The second-order valence-corrected chi connectivity index (χ2v) is 7.20. The van der Waals surface area contributed by atoms with Crippen LogP contribution in [0.2, 0.25) is 0 Å². The van der Waals surface area contributed by atoms with E-state index in [0.29, 0.717) is 13.1 Å². The summed E-state index contributed by atoms with van der Waals surface area (Å²) in [5.41, 5.74) is -0.653. The number of hydrogen-bond acceptors (Lipinski definition) is 4. The lowest BCUT2D eigenvalue weighted by atomic mass is 9.85. The molecule has 150 valence electrons. The van der Waals surface area contributed by atoms with Crippen LogP contribution in [0, 0.1) is 0 Å². The van der Waals surface area contributed by atoms with Crippen LogP contribution < -0.4 is 4.74 Å². The van der Waals surface area contributed by atoms with Crippen molar-refractivity contribution in [1.29, 1.82) is 0 Å². The first-order chi connectivity index (χ1) is 12.8. The van der Waals surface area contributed by atoms with Crippen molar-refractivity contribution in [3.05, 3.63) is 29.8 Å². The molecule has 0 aliphatic carbocycles. The molecule has 0 N–H and O–H groups in total. The van der Waals surface area contributed by atoms with Gasteiger partial charge in [-0.05, 0) is 50.6 Å². The Labute approximate surface area is 157 Å². The van der Waals surface area contributed by atoms with Crippen molar-refractivity contribution in [1.82, 2.24) is 9.80 Å². The van der Waals surface area contributed by atoms with Gasteiger partial charge >= 0.3 is 6.18 Å². The van der Waals surface area contributed by atoms with Gasteiger partial charge < -0.3 is 14.4 Å². The SMILES string of the molecule is CN1CCN(C(=O)COc2ccc(C(F)(F)F)cc2)CCC12CCOCC2. The predicted molar refractivity (Wildman–Crippen MR) is 93.6 cm³/mol. The second-order valence-electron chi connectivity index (χ2n) is 7.20. The zero-order valence-corrected chi connectivity index (χ0v) is 15.4. The van der Waals surface area contributed by atoms with E-state index in [1.165, 1.54) is 12.1 Å². The van der Waals surface area contributed by atoms with Crippen LogP contribution in [0.3, 0.4) is 0 Å². The number of likely N-dealkylation sites (N-methyl/N-ethyl adjacent to an activating group) is 1. The maximum absolute atomic E-state index is 12.6. The molecule has 2 aliphatic rings. The molecule has 2 aliphatic heterocycles. The third-order valence-corrected chi connectivity index (χ3v) is 5.68. The molecule has 1 aromatic carbocycles. The standard InChI is InChI=1S/C19H25F3N2O3/c1-23-10-11-24(9-6-18(23)7-12-26-13-8-18)17(25)14-27-16-4-2-15(3-5-16)19(20,21)22/h2-5H,6-14H2,1H3. The third kappa shape index (κ3) is 4.73. The highest BCUT2D eigenvalue weighted by Crippen LogP contribution is 2.32. The number of nitrogens with zero attached hydrogens (tertiary/aromatic N) is 2. The highest BCUT2D eigenvalue weighted by molar-refractivity contribution is 5.77. The van der Waals surface area contributed by atoms with E-state index in [-0.39, 0.29) is 23.8 Å². The van der Waals surface area contributed by atoms with Crippen molar-refractivity contribution in [2.45, 2.75) is 31.0 Å². The van der Waals surface area contributed by atoms with Crippen molar-refractivity contribution in [3.63, 3.8) is 0 Å². The van der Waals surface area contributed by atoms with Gasteiger partial charge in [0.2, 0.25) is 0 Å². The van der Waals surface area contributed by atoms with E-state index in [9.17, 15) is 18.0 Å². The number of halogens is 3. The van der Waals surface area contributed by atoms with Crippen LogP contribution in [-0.4, -0.2) is 67.7 Å². The highest BCUT2D eigenvalue weighted by atomic mass is 19.4. The van der Waals surface area contributed by atoms with Gasteiger partial charge in [-0.2, -0.15) is 13.2 Å². The number of benzene rings is 1. The van der Waals surface area contributed by atoms with Crippen molar-refractivity contribution in [2.24, 2.45) is 0 Å². The van der Waals surface area contributed by atoms with E-state index in [0.717, 1.165) is 51.2 Å². The maximum Gasteiger partial charge on any atom is 0.416 e. The first kappa shape index (κ1) is 19.9. The van der Waals surface area contributed by atoms with Gasteiger partial charge in [0, 0.05) is 38.4 Å². The summed E-state index contributed by atoms with van der Waals surface area (Å²) in [5, 5.41) is 0. The minimum Gasteiger partial charge on any atom is -0.484 e. The van der Waals surface area contributed by atoms with Crippen LogP contribution >= 0.6 is 0 Å². The molecule has 0 atom stereocenters. The van der Waals surface area contributed by atoms with Crippen LogP contribution in [0.25, 0.3) is 0 Å². The Morgan fingerprint density at radius 1 is 1.11 bits per heavy atom. The summed E-state index contributed by atoms with van der Waals surface area (Å²) in [6.07, 6.45) is -1.56. The Kier molecular flexibility index (Phi) is 5.95. The number of carbonyl (C=O) groups is 1. The molecule has 0 radical (unpaired) electrons. The lowest BCUT2D eigenvalue weighted by Gasteiger charge is -2.43. The molecule has 2 saturated heterocycles. The molecular weight excluding hydrogens is 361 g/mol. The summed E-state index contributed by atoms with van der Waals surface area (Å²) in [4.78, 5) is 16.6. The van der Waals surface area contributed by atoms with Crippen LogP contribution in [-0.2, 0) is 15.7 Å². The van der Waals surface area contributed by atoms with E-state index < -0.39 is 11.7 Å². The fourth-order valence-electron chi connectivity index (χ4n) is 3.76. The van der Waals surface area contributed by atoms with Crippen molar-refractivity contribution in [3.8, 4) is 5.75 Å². The predicted octanol–water partition coefficient (Wildman–Crippen LogP) is 2.80. The molecule has 0 aromatic heterocycles. The van der Waals surface area contributed by atoms with Crippen LogP contribution in [0.5, 0.6) is 5.75 Å². The number of rotatable bonds is 3. The zero-order chi connectivity index (χ0) is 19.5. The van der Waals surface area contributed by atoms with Gasteiger partial charge in [-0.1, -0.05) is 0 Å². The summed E-state index contributed by atoms with van der Waals surface area (Å²) in [7, 11) is 2.10. The molecular formula is C19H25F3N2O3. The summed E-state index contributed by atoms with van der Waals surface area (Å²) in [5.74, 6) is 0.108. The number of hydrogen-bond donors (Lipinski definition) is 0. The second kappa shape index (κ2) is 8.06. The third-order valence-electron chi connectivity index (χ3n) is 5.68. The number of ether oxygens (including phenoxy) is 2. The number of alkyl halides is 3. The Morgan fingerprint density at radius 2 is 1.78 bits per heavy atom. The molecule has 1 aromatic rings. The lowest BCUT2D eigenvalue weighted by Crippen LogP contribution is -2.50. The smallest absolute Gasteiger partial charge is 0.416 e. The van der Waals surface area contributed by atoms with Gasteiger partial charge in [-0.15, -0.1) is 0 Å². The minimum absolute atomic E-state index is 0.0849. The Hall–Kier alpha value is -1.80. The molecule has 1 amide bonds. The van der Waals surface area contributed by atoms with E-state index in [2.05, 4.69) is 11.9 Å². The Bertz CT molecular complexity index is 643. The molecule has 2 heterocycles. The number of carbonyl (C=O) groups excluding carboxylic acids is 1. The molecule has 5 nitrogen and oxygen atoms in total. The Morgan fingerprint density at radius 3 is 2.41 bits per heavy atom. The largest absolute Gasteiger partial charge is 0.484 e. The van der Waals surface area contributed by atoms with Crippen molar-refractivity contribution >= 4 is 5.91 Å². The number of amides is 1. The van der Waals surface area contributed by atoms with Gasteiger partial charge in [0.1, 0.15) is 5.75 Å². The van der Waals surface area contributed by atoms with Crippen LogP contribution in [0.4, 0.5) is 13.2 Å². The van der Waals surface area contributed by atoms with Gasteiger partial charge in [0.15, 0.2) is 6.61 Å². The Balaban J connectivity index is 1.54. The van der Waals surface area contributed by atoms with E-state index in [4.69, 9.17) is 9.47 Å². The quantitative estimate of drug-likeness (QED) is 0.801. The lowest BCUT2D eigenvalue weighted by molar-refractivity contribution is -0.137. The molecule has 1 spiro atoms. The molecule has 0 saturated carbocycles. The van der Waals surface area contributed by atoms with Gasteiger partial charge in [0.25, 0.3) is 5.91 Å². The van der Waals surface area contributed by atoms with Gasteiger partial charge in [-0.25, -0.2) is 0 Å². The molecule has 0 bridgehead atoms. The van der Waals surface area contributed by atoms with Crippen molar-refractivity contribution in [2.75, 3.05) is 46.5 Å². The summed E-state index contributed by atoms with van der Waals surface area (Å²) >= 11 is 0. The monoisotopic (exact) mass is 386 g/mol. The fraction of sp³-hybridized carbons (Fsp3) is 0.632. The van der Waals surface area contributed by atoms with Gasteiger partial charge in [-0.3, -0.25) is 9.69 Å². The van der Waals surface area contributed by atoms with E-state index >= 15 is 0 Å². The minimum atomic E-state index is -4.38. The molecule has 3 rings (SSSR count). The van der Waals surface area contributed by atoms with Crippen molar-refractivity contribution < 1.29 is 27.4 Å². The topological polar surface area (TPSA) is 42.0 Å².